The van der Waals surface area contributed by atoms with E-state index in [0.29, 0.717) is 22.7 Å². The Labute approximate surface area is 244 Å². The molecule has 40 heavy (non-hydrogen) atoms. The van der Waals surface area contributed by atoms with Crippen LogP contribution in [0.1, 0.15) is 11.1 Å². The van der Waals surface area contributed by atoms with Crippen LogP contribution >= 0.6 is 35.0 Å². The smallest absolute Gasteiger partial charge is 0.294 e. The molecule has 1 fully saturated rings. The summed E-state index contributed by atoms with van der Waals surface area (Å²) < 4.78 is 11.1. The predicted octanol–water partition coefficient (Wildman–Crippen LogP) is 7.41. The van der Waals surface area contributed by atoms with E-state index in [4.69, 9.17) is 32.7 Å². The Bertz CT molecular complexity index is 1630. The number of ether oxygens (including phenoxy) is 2. The Balaban J connectivity index is 1.26. The van der Waals surface area contributed by atoms with E-state index in [1.165, 1.54) is 6.08 Å². The number of hydrogen-bond acceptors (Lipinski definition) is 6. The zero-order chi connectivity index (χ0) is 28.2. The number of carbonyl (C=O) groups excluding carboxylic acids is 3. The lowest BCUT2D eigenvalue weighted by Gasteiger charge is -2.13. The van der Waals surface area contributed by atoms with Gasteiger partial charge >= 0.3 is 0 Å². The van der Waals surface area contributed by atoms with Gasteiger partial charge in [-0.25, -0.2) is 0 Å². The third-order valence-electron chi connectivity index (χ3n) is 6.12. The predicted molar refractivity (Wildman–Crippen MR) is 159 cm³/mol. The van der Waals surface area contributed by atoms with Gasteiger partial charge in [0.1, 0.15) is 18.9 Å². The highest BCUT2D eigenvalue weighted by Gasteiger charge is 2.36. The maximum absolute atomic E-state index is 12.9. The molecule has 0 radical (unpaired) electrons. The standard InChI is InChI=1S/C30H22Cl2N2O5S/c1-38-22-11-9-21(10-12-22)33-27(35)16-34-29(36)26(40-30(34)37)15-18-13-24(31)28(25(32)14-18)39-17-20-7-4-6-19-5-2-3-8-23(19)20/h2-15H,16-17H2,1H3,(H,33,35)/b26-15+. The number of amides is 3. The van der Waals surface area contributed by atoms with E-state index in [1.54, 1.807) is 43.5 Å². The second-order valence-corrected chi connectivity index (χ2v) is 10.6. The molecule has 0 aromatic heterocycles. The van der Waals surface area contributed by atoms with Crippen molar-refractivity contribution in [3.05, 3.63) is 105 Å². The number of nitrogens with one attached hydrogen (secondary N) is 1. The van der Waals surface area contributed by atoms with Crippen LogP contribution in [0.4, 0.5) is 10.5 Å². The lowest BCUT2D eigenvalue weighted by atomic mass is 10.1. The molecule has 0 aliphatic carbocycles. The van der Waals surface area contributed by atoms with Gasteiger partial charge in [-0.2, -0.15) is 0 Å². The number of fused-ring (bicyclic) bond motifs is 1. The van der Waals surface area contributed by atoms with Crippen molar-refractivity contribution < 1.29 is 23.9 Å². The highest BCUT2D eigenvalue weighted by molar-refractivity contribution is 8.18. The van der Waals surface area contributed by atoms with Gasteiger partial charge in [0.2, 0.25) is 5.91 Å². The summed E-state index contributed by atoms with van der Waals surface area (Å²) >= 11 is 13.7. The van der Waals surface area contributed by atoms with Crippen LogP contribution in [0.5, 0.6) is 11.5 Å². The first kappa shape index (κ1) is 27.6. The first-order chi connectivity index (χ1) is 19.3. The first-order valence-electron chi connectivity index (χ1n) is 12.1. The number of anilines is 1. The summed E-state index contributed by atoms with van der Waals surface area (Å²) in [6, 6.07) is 23.9. The van der Waals surface area contributed by atoms with Crippen molar-refractivity contribution in [1.29, 1.82) is 0 Å². The molecule has 202 valence electrons. The number of imide groups is 1. The number of halogens is 2. The van der Waals surface area contributed by atoms with Crippen LogP contribution in [0.3, 0.4) is 0 Å². The van der Waals surface area contributed by atoms with E-state index in [2.05, 4.69) is 5.32 Å². The maximum Gasteiger partial charge on any atom is 0.294 e. The van der Waals surface area contributed by atoms with Crippen molar-refractivity contribution in [3.63, 3.8) is 0 Å². The van der Waals surface area contributed by atoms with Crippen molar-refractivity contribution in [1.82, 2.24) is 4.90 Å². The molecule has 1 N–H and O–H groups in total. The van der Waals surface area contributed by atoms with Gasteiger partial charge in [0.25, 0.3) is 11.1 Å². The number of thioether (sulfide) groups is 1. The number of hydrogen-bond donors (Lipinski definition) is 1. The monoisotopic (exact) mass is 592 g/mol. The molecule has 0 atom stereocenters. The van der Waals surface area contributed by atoms with Gasteiger partial charge in [-0.1, -0.05) is 65.7 Å². The number of methoxy groups -OCH3 is 1. The summed E-state index contributed by atoms with van der Waals surface area (Å²) in [5, 5.41) is 4.81. The SMILES string of the molecule is COc1ccc(NC(=O)CN2C(=O)S/C(=C/c3cc(Cl)c(OCc4cccc5ccccc45)c(Cl)c3)C2=O)cc1. The Kier molecular flexibility index (Phi) is 8.30. The number of carbonyl (C=O) groups is 3. The molecular weight excluding hydrogens is 571 g/mol. The summed E-state index contributed by atoms with van der Waals surface area (Å²) in [4.78, 5) is 39.0. The van der Waals surface area contributed by atoms with Gasteiger partial charge in [0.05, 0.1) is 22.1 Å². The molecule has 1 heterocycles. The molecule has 10 heteroatoms. The van der Waals surface area contributed by atoms with Crippen LogP contribution < -0.4 is 14.8 Å². The molecule has 1 saturated heterocycles. The van der Waals surface area contributed by atoms with Crippen molar-refractivity contribution in [3.8, 4) is 11.5 Å². The van der Waals surface area contributed by atoms with Crippen molar-refractivity contribution in [2.45, 2.75) is 6.61 Å². The first-order valence-corrected chi connectivity index (χ1v) is 13.7. The molecule has 5 rings (SSSR count). The quantitative estimate of drug-likeness (QED) is 0.214. The lowest BCUT2D eigenvalue weighted by molar-refractivity contribution is -0.127. The van der Waals surface area contributed by atoms with E-state index in [0.717, 1.165) is 33.0 Å². The van der Waals surface area contributed by atoms with Crippen LogP contribution in [0.15, 0.2) is 83.8 Å². The maximum atomic E-state index is 12.9. The highest BCUT2D eigenvalue weighted by Crippen LogP contribution is 2.38. The largest absolute Gasteiger partial charge is 0.497 e. The summed E-state index contributed by atoms with van der Waals surface area (Å²) in [5.74, 6) is -0.133. The fourth-order valence-electron chi connectivity index (χ4n) is 4.18. The molecule has 0 saturated carbocycles. The molecule has 3 amide bonds. The second kappa shape index (κ2) is 12.0. The number of rotatable bonds is 8. The zero-order valence-electron chi connectivity index (χ0n) is 21.1. The van der Waals surface area contributed by atoms with Gasteiger partial charge in [-0.05, 0) is 76.1 Å². The molecule has 4 aromatic rings. The van der Waals surface area contributed by atoms with Gasteiger partial charge in [-0.3, -0.25) is 19.3 Å². The molecule has 1 aliphatic rings. The van der Waals surface area contributed by atoms with Crippen LogP contribution in [0.25, 0.3) is 16.8 Å². The van der Waals surface area contributed by atoms with Crippen molar-refractivity contribution in [2.24, 2.45) is 0 Å². The van der Waals surface area contributed by atoms with Crippen LogP contribution in [-0.4, -0.2) is 35.6 Å². The highest BCUT2D eigenvalue weighted by atomic mass is 35.5. The van der Waals surface area contributed by atoms with Crippen LogP contribution in [-0.2, 0) is 16.2 Å². The average Bonchev–Trinajstić information content (AvgIpc) is 3.20. The minimum Gasteiger partial charge on any atom is -0.497 e. The summed E-state index contributed by atoms with van der Waals surface area (Å²) in [7, 11) is 1.54. The third kappa shape index (κ3) is 6.09. The van der Waals surface area contributed by atoms with E-state index in [-0.39, 0.29) is 21.6 Å². The van der Waals surface area contributed by atoms with Crippen LogP contribution in [0, 0.1) is 0 Å². The van der Waals surface area contributed by atoms with E-state index >= 15 is 0 Å². The Morgan fingerprint density at radius 2 is 1.68 bits per heavy atom. The minimum absolute atomic E-state index is 0.152. The van der Waals surface area contributed by atoms with E-state index in [9.17, 15) is 14.4 Å². The van der Waals surface area contributed by atoms with Gasteiger partial charge < -0.3 is 14.8 Å². The minimum atomic E-state index is -0.580. The van der Waals surface area contributed by atoms with Crippen molar-refractivity contribution in [2.75, 3.05) is 19.0 Å². The molecule has 0 bridgehead atoms. The molecule has 1 aliphatic heterocycles. The fourth-order valence-corrected chi connectivity index (χ4v) is 5.63. The van der Waals surface area contributed by atoms with Crippen molar-refractivity contribution >= 4 is 74.6 Å². The van der Waals surface area contributed by atoms with E-state index < -0.39 is 23.6 Å². The average molecular weight is 593 g/mol. The molecule has 0 unspecified atom stereocenters. The Morgan fingerprint density at radius 1 is 0.975 bits per heavy atom. The number of benzene rings is 4. The summed E-state index contributed by atoms with van der Waals surface area (Å²) in [6.45, 7) is -0.159. The molecule has 7 nitrogen and oxygen atoms in total. The normalized spacial score (nSPS) is 14.2. The Hall–Kier alpha value is -3.98. The summed E-state index contributed by atoms with van der Waals surface area (Å²) in [5.41, 5.74) is 2.01. The summed E-state index contributed by atoms with van der Waals surface area (Å²) in [6.07, 6.45) is 1.51. The van der Waals surface area contributed by atoms with E-state index in [1.807, 2.05) is 42.5 Å². The molecule has 0 spiro atoms. The molecular formula is C30H22Cl2N2O5S. The second-order valence-electron chi connectivity index (χ2n) is 8.79. The Morgan fingerprint density at radius 3 is 2.40 bits per heavy atom. The van der Waals surface area contributed by atoms with Gasteiger partial charge in [0, 0.05) is 5.69 Å². The fraction of sp³-hybridized carbons (Fsp3) is 0.100. The molecule has 4 aromatic carbocycles. The third-order valence-corrected chi connectivity index (χ3v) is 7.59. The van der Waals surface area contributed by atoms with Gasteiger partial charge in [-0.15, -0.1) is 0 Å². The lowest BCUT2D eigenvalue weighted by Crippen LogP contribution is -2.36. The van der Waals surface area contributed by atoms with Gasteiger partial charge in [0.15, 0.2) is 5.75 Å². The van der Waals surface area contributed by atoms with Crippen LogP contribution in [0.2, 0.25) is 10.0 Å². The topological polar surface area (TPSA) is 84.9 Å². The number of nitrogens with zero attached hydrogens (tertiary/aromatic N) is 1. The zero-order valence-corrected chi connectivity index (χ0v) is 23.5.